The summed E-state index contributed by atoms with van der Waals surface area (Å²) in [5.41, 5.74) is 5.31. The summed E-state index contributed by atoms with van der Waals surface area (Å²) in [5, 5.41) is 0. The van der Waals surface area contributed by atoms with Crippen molar-refractivity contribution in [1.82, 2.24) is 0 Å². The Morgan fingerprint density at radius 2 is 1.89 bits per heavy atom. The van der Waals surface area contributed by atoms with Crippen LogP contribution in [0.25, 0.3) is 11.1 Å². The molecule has 0 amide bonds. The Kier molecular flexibility index (Phi) is 3.03. The van der Waals surface area contributed by atoms with E-state index in [0.29, 0.717) is 5.92 Å². The van der Waals surface area contributed by atoms with Gasteiger partial charge in [-0.3, -0.25) is 0 Å². The van der Waals surface area contributed by atoms with Crippen LogP contribution in [0.1, 0.15) is 29.5 Å². The summed E-state index contributed by atoms with van der Waals surface area (Å²) in [5.74, 6) is 0.316. The van der Waals surface area contributed by atoms with Gasteiger partial charge in [0.1, 0.15) is 6.61 Å². The predicted octanol–water partition coefficient (Wildman–Crippen LogP) is 4.69. The van der Waals surface area contributed by atoms with Crippen molar-refractivity contribution in [2.45, 2.75) is 19.4 Å². The minimum atomic E-state index is -0.763. The molecule has 0 aromatic heterocycles. The molecule has 2 aromatic carbocycles. The predicted molar refractivity (Wildman–Crippen MR) is 75.4 cm³/mol. The Bertz CT molecular complexity index is 649. The lowest BCUT2D eigenvalue weighted by molar-refractivity contribution is 0.166. The molecule has 96 valence electrons. The number of halogens is 1. The molecular formula is C16H13ClO2. The van der Waals surface area contributed by atoms with Gasteiger partial charge in [0.05, 0.1) is 0 Å². The van der Waals surface area contributed by atoms with Gasteiger partial charge >= 0.3 is 5.43 Å². The summed E-state index contributed by atoms with van der Waals surface area (Å²) >= 11 is 5.24. The largest absolute Gasteiger partial charge is 0.449 e. The van der Waals surface area contributed by atoms with Gasteiger partial charge in [-0.15, -0.1) is 0 Å². The first-order valence-corrected chi connectivity index (χ1v) is 6.59. The van der Waals surface area contributed by atoms with Crippen LogP contribution in [-0.4, -0.2) is 5.43 Å². The first-order chi connectivity index (χ1) is 9.18. The molecule has 2 aromatic rings. The Morgan fingerprint density at radius 1 is 1.16 bits per heavy atom. The van der Waals surface area contributed by atoms with E-state index in [0.717, 1.165) is 5.56 Å². The maximum Gasteiger partial charge on any atom is 0.404 e. The fraction of sp³-hybridized carbons (Fsp3) is 0.188. The van der Waals surface area contributed by atoms with Crippen molar-refractivity contribution < 1.29 is 9.53 Å². The highest BCUT2D eigenvalue weighted by Crippen LogP contribution is 2.45. The normalized spacial score (nSPS) is 15.8. The van der Waals surface area contributed by atoms with E-state index in [1.807, 2.05) is 18.2 Å². The minimum absolute atomic E-state index is 0.226. The van der Waals surface area contributed by atoms with E-state index in [-0.39, 0.29) is 6.61 Å². The van der Waals surface area contributed by atoms with Crippen LogP contribution in [0.15, 0.2) is 42.5 Å². The topological polar surface area (TPSA) is 26.3 Å². The quantitative estimate of drug-likeness (QED) is 0.741. The molecule has 0 N–H and O–H groups in total. The van der Waals surface area contributed by atoms with Crippen LogP contribution < -0.4 is 0 Å². The third-order valence-electron chi connectivity index (χ3n) is 3.69. The van der Waals surface area contributed by atoms with E-state index in [1.54, 1.807) is 0 Å². The molecule has 0 heterocycles. The molecule has 19 heavy (non-hydrogen) atoms. The van der Waals surface area contributed by atoms with E-state index < -0.39 is 5.43 Å². The van der Waals surface area contributed by atoms with E-state index >= 15 is 0 Å². The lowest BCUT2D eigenvalue weighted by Gasteiger charge is -2.12. The standard InChI is InChI=1S/C16H13ClO2/c1-10-12-6-2-3-7-13(12)14-8-4-5-11(15(10)14)9-19-16(17)18/h2-8,10H,9H2,1H3. The number of benzene rings is 2. The van der Waals surface area contributed by atoms with Gasteiger partial charge in [0, 0.05) is 17.5 Å². The summed E-state index contributed by atoms with van der Waals surface area (Å²) < 4.78 is 4.93. The molecule has 1 aliphatic rings. The van der Waals surface area contributed by atoms with Crippen LogP contribution in [0.4, 0.5) is 4.79 Å². The highest BCUT2D eigenvalue weighted by Gasteiger charge is 2.27. The van der Waals surface area contributed by atoms with Gasteiger partial charge in [0.25, 0.3) is 0 Å². The maximum absolute atomic E-state index is 10.8. The highest BCUT2D eigenvalue weighted by atomic mass is 35.5. The average molecular weight is 273 g/mol. The van der Waals surface area contributed by atoms with Gasteiger partial charge in [-0.25, -0.2) is 4.79 Å². The number of fused-ring (bicyclic) bond motifs is 3. The fourth-order valence-electron chi connectivity index (χ4n) is 2.89. The van der Waals surface area contributed by atoms with Gasteiger partial charge in [-0.1, -0.05) is 49.4 Å². The average Bonchev–Trinajstić information content (AvgIpc) is 2.71. The molecule has 0 radical (unpaired) electrons. The SMILES string of the molecule is CC1c2ccccc2-c2cccc(COC(=O)Cl)c21. The van der Waals surface area contributed by atoms with E-state index in [1.165, 1.54) is 22.3 Å². The van der Waals surface area contributed by atoms with Gasteiger partial charge in [0.2, 0.25) is 0 Å². The smallest absolute Gasteiger partial charge is 0.404 e. The number of rotatable bonds is 2. The van der Waals surface area contributed by atoms with Crippen LogP contribution in [0.2, 0.25) is 0 Å². The van der Waals surface area contributed by atoms with Crippen molar-refractivity contribution in [3.05, 3.63) is 59.2 Å². The van der Waals surface area contributed by atoms with E-state index in [9.17, 15) is 4.79 Å². The zero-order valence-electron chi connectivity index (χ0n) is 10.5. The molecule has 3 heteroatoms. The van der Waals surface area contributed by atoms with Crippen molar-refractivity contribution in [3.63, 3.8) is 0 Å². The highest BCUT2D eigenvalue weighted by molar-refractivity contribution is 6.61. The van der Waals surface area contributed by atoms with Crippen LogP contribution in [0, 0.1) is 0 Å². The molecule has 0 aliphatic heterocycles. The van der Waals surface area contributed by atoms with Crippen LogP contribution >= 0.6 is 11.6 Å². The Hall–Kier alpha value is -1.80. The number of hydrogen-bond donors (Lipinski definition) is 0. The number of carbonyl (C=O) groups excluding carboxylic acids is 1. The summed E-state index contributed by atoms with van der Waals surface area (Å²) in [6, 6.07) is 14.5. The molecule has 0 spiro atoms. The summed E-state index contributed by atoms with van der Waals surface area (Å²) in [4.78, 5) is 10.8. The van der Waals surface area contributed by atoms with Gasteiger partial charge < -0.3 is 4.74 Å². The third kappa shape index (κ3) is 2.02. The fourth-order valence-corrected chi connectivity index (χ4v) is 2.95. The molecule has 0 saturated carbocycles. The Morgan fingerprint density at radius 3 is 2.68 bits per heavy atom. The second-order valence-corrected chi connectivity index (χ2v) is 5.02. The van der Waals surface area contributed by atoms with Crippen molar-refractivity contribution in [3.8, 4) is 11.1 Å². The van der Waals surface area contributed by atoms with Crippen molar-refractivity contribution >= 4 is 17.0 Å². The molecule has 0 fully saturated rings. The molecule has 3 rings (SSSR count). The first-order valence-electron chi connectivity index (χ1n) is 6.22. The third-order valence-corrected chi connectivity index (χ3v) is 3.80. The molecule has 1 unspecified atom stereocenters. The van der Waals surface area contributed by atoms with E-state index in [4.69, 9.17) is 16.3 Å². The number of ether oxygens (including phenoxy) is 1. The Labute approximate surface area is 117 Å². The second kappa shape index (κ2) is 4.71. The van der Waals surface area contributed by atoms with Crippen molar-refractivity contribution in [1.29, 1.82) is 0 Å². The molecule has 2 nitrogen and oxygen atoms in total. The first kappa shape index (κ1) is 12.2. The summed E-state index contributed by atoms with van der Waals surface area (Å²) in [7, 11) is 0. The van der Waals surface area contributed by atoms with Crippen molar-refractivity contribution in [2.24, 2.45) is 0 Å². The molecule has 1 aliphatic carbocycles. The molecular weight excluding hydrogens is 260 g/mol. The monoisotopic (exact) mass is 272 g/mol. The van der Waals surface area contributed by atoms with Crippen LogP contribution in [0.5, 0.6) is 0 Å². The zero-order valence-corrected chi connectivity index (χ0v) is 11.3. The maximum atomic E-state index is 10.8. The van der Waals surface area contributed by atoms with Gasteiger partial charge in [-0.05, 0) is 27.8 Å². The second-order valence-electron chi connectivity index (χ2n) is 4.71. The summed E-state index contributed by atoms with van der Waals surface area (Å²) in [6.07, 6.45) is 0. The van der Waals surface area contributed by atoms with Gasteiger partial charge in [0.15, 0.2) is 0 Å². The Balaban J connectivity index is 2.08. The van der Waals surface area contributed by atoms with Gasteiger partial charge in [-0.2, -0.15) is 0 Å². The minimum Gasteiger partial charge on any atom is -0.449 e. The molecule has 1 atom stereocenters. The van der Waals surface area contributed by atoms with E-state index in [2.05, 4.69) is 31.2 Å². The molecule has 0 bridgehead atoms. The lowest BCUT2D eigenvalue weighted by Crippen LogP contribution is -2.01. The lowest BCUT2D eigenvalue weighted by atomic mass is 9.95. The molecule has 0 saturated heterocycles. The van der Waals surface area contributed by atoms with Crippen molar-refractivity contribution in [2.75, 3.05) is 0 Å². The summed E-state index contributed by atoms with van der Waals surface area (Å²) in [6.45, 7) is 2.40. The zero-order chi connectivity index (χ0) is 13.4. The number of carbonyl (C=O) groups is 1. The number of hydrogen-bond acceptors (Lipinski definition) is 2. The van der Waals surface area contributed by atoms with Crippen LogP contribution in [-0.2, 0) is 11.3 Å². The van der Waals surface area contributed by atoms with Crippen LogP contribution in [0.3, 0.4) is 0 Å².